The van der Waals surface area contributed by atoms with E-state index >= 15 is 0 Å². The van der Waals surface area contributed by atoms with Crippen molar-refractivity contribution >= 4 is 17.3 Å². The third kappa shape index (κ3) is 4.65. The number of benzene rings is 2. The third-order valence-electron chi connectivity index (χ3n) is 5.54. The van der Waals surface area contributed by atoms with Crippen LogP contribution in [0.15, 0.2) is 42.5 Å². The summed E-state index contributed by atoms with van der Waals surface area (Å²) in [4.78, 5) is 16.7. The fraction of sp³-hybridized carbons (Fsp3) is 0.435. The molecule has 1 heterocycles. The number of amides is 1. The molecule has 5 nitrogen and oxygen atoms in total. The second-order valence-corrected chi connectivity index (χ2v) is 7.70. The molecule has 3 rings (SSSR count). The molecule has 150 valence electrons. The van der Waals surface area contributed by atoms with Crippen molar-refractivity contribution in [3.63, 3.8) is 0 Å². The molecule has 1 unspecified atom stereocenters. The molecule has 1 fully saturated rings. The lowest BCUT2D eigenvalue weighted by atomic mass is 10.0. The Morgan fingerprint density at radius 3 is 2.43 bits per heavy atom. The van der Waals surface area contributed by atoms with E-state index in [0.29, 0.717) is 6.04 Å². The molecule has 1 N–H and O–H groups in total. The molecule has 1 aliphatic heterocycles. The first-order valence-corrected chi connectivity index (χ1v) is 9.98. The number of carbonyl (C=O) groups excluding carboxylic acids is 1. The number of rotatable bonds is 7. The molecule has 5 heteroatoms. The van der Waals surface area contributed by atoms with Crippen LogP contribution in [-0.4, -0.2) is 56.0 Å². The summed E-state index contributed by atoms with van der Waals surface area (Å²) in [7, 11) is 5.88. The molecule has 0 spiro atoms. The third-order valence-corrected chi connectivity index (χ3v) is 5.54. The van der Waals surface area contributed by atoms with Crippen molar-refractivity contribution in [3.8, 4) is 5.75 Å². The van der Waals surface area contributed by atoms with Crippen LogP contribution < -0.4 is 10.1 Å². The Morgan fingerprint density at radius 1 is 1.14 bits per heavy atom. The summed E-state index contributed by atoms with van der Waals surface area (Å²) in [6.07, 6.45) is 3.09. The maximum Gasteiger partial charge on any atom is 0.253 e. The molecule has 1 atom stereocenters. The van der Waals surface area contributed by atoms with Crippen LogP contribution in [0, 0.1) is 0 Å². The van der Waals surface area contributed by atoms with Crippen LogP contribution in [0.25, 0.3) is 0 Å². The topological polar surface area (TPSA) is 44.8 Å². The lowest BCUT2D eigenvalue weighted by Crippen LogP contribution is -2.27. The SMILES string of the molecule is COc1cccc(Nc2ccc(C(=O)N3CCCC3)cc2)c1CC(C)N(C)C. The van der Waals surface area contributed by atoms with E-state index in [-0.39, 0.29) is 5.91 Å². The highest BCUT2D eigenvalue weighted by Gasteiger charge is 2.19. The van der Waals surface area contributed by atoms with Gasteiger partial charge >= 0.3 is 0 Å². The highest BCUT2D eigenvalue weighted by molar-refractivity contribution is 5.94. The molecule has 2 aromatic rings. The molecule has 2 aromatic carbocycles. The number of anilines is 2. The number of hydrogen-bond donors (Lipinski definition) is 1. The molecule has 1 aliphatic rings. The minimum atomic E-state index is 0.130. The Balaban J connectivity index is 1.78. The van der Waals surface area contributed by atoms with Gasteiger partial charge in [-0.2, -0.15) is 0 Å². The fourth-order valence-corrected chi connectivity index (χ4v) is 3.52. The zero-order valence-electron chi connectivity index (χ0n) is 17.4. The van der Waals surface area contributed by atoms with E-state index in [1.807, 2.05) is 41.3 Å². The summed E-state index contributed by atoms with van der Waals surface area (Å²) in [5, 5.41) is 3.50. The summed E-state index contributed by atoms with van der Waals surface area (Å²) in [5.74, 6) is 1.02. The molecule has 0 aliphatic carbocycles. The van der Waals surface area contributed by atoms with E-state index < -0.39 is 0 Å². The molecular formula is C23H31N3O2. The lowest BCUT2D eigenvalue weighted by Gasteiger charge is -2.23. The van der Waals surface area contributed by atoms with Crippen molar-refractivity contribution in [2.75, 3.05) is 39.6 Å². The van der Waals surface area contributed by atoms with Crippen LogP contribution >= 0.6 is 0 Å². The van der Waals surface area contributed by atoms with Crippen molar-refractivity contribution in [2.24, 2.45) is 0 Å². The largest absolute Gasteiger partial charge is 0.496 e. The number of nitrogens with one attached hydrogen (secondary N) is 1. The molecule has 0 bridgehead atoms. The Hall–Kier alpha value is -2.53. The van der Waals surface area contributed by atoms with E-state index in [9.17, 15) is 4.79 Å². The van der Waals surface area contributed by atoms with Gasteiger partial charge in [0.1, 0.15) is 5.75 Å². The van der Waals surface area contributed by atoms with Gasteiger partial charge in [0.25, 0.3) is 5.91 Å². The summed E-state index contributed by atoms with van der Waals surface area (Å²) < 4.78 is 5.60. The standard InChI is InChI=1S/C23H31N3O2/c1-17(25(2)3)16-20-21(8-7-9-22(20)28-4)24-19-12-10-18(11-13-19)23(27)26-14-5-6-15-26/h7-13,17,24H,5-6,14-16H2,1-4H3. The van der Waals surface area contributed by atoms with Gasteiger partial charge in [-0.1, -0.05) is 6.07 Å². The average Bonchev–Trinajstić information content (AvgIpc) is 3.24. The van der Waals surface area contributed by atoms with Crippen molar-refractivity contribution in [1.82, 2.24) is 9.80 Å². The summed E-state index contributed by atoms with van der Waals surface area (Å²) in [6.45, 7) is 3.95. The zero-order chi connectivity index (χ0) is 20.1. The summed E-state index contributed by atoms with van der Waals surface area (Å²) >= 11 is 0. The smallest absolute Gasteiger partial charge is 0.253 e. The number of likely N-dealkylation sites (tertiary alicyclic amines) is 1. The second kappa shape index (κ2) is 9.11. The first-order valence-electron chi connectivity index (χ1n) is 9.98. The van der Waals surface area contributed by atoms with Crippen LogP contribution in [0.5, 0.6) is 5.75 Å². The molecule has 0 aromatic heterocycles. The molecular weight excluding hydrogens is 350 g/mol. The van der Waals surface area contributed by atoms with Crippen LogP contribution in [0.3, 0.4) is 0 Å². The number of nitrogens with zero attached hydrogens (tertiary/aromatic N) is 2. The number of hydrogen-bond acceptors (Lipinski definition) is 4. The van der Waals surface area contributed by atoms with Gasteiger partial charge in [-0.25, -0.2) is 0 Å². The van der Waals surface area contributed by atoms with E-state index in [1.54, 1.807) is 7.11 Å². The van der Waals surface area contributed by atoms with Crippen LogP contribution in [0.4, 0.5) is 11.4 Å². The van der Waals surface area contributed by atoms with Gasteiger partial charge in [0.2, 0.25) is 0 Å². The van der Waals surface area contributed by atoms with Gasteiger partial charge in [0, 0.05) is 41.6 Å². The Bertz CT molecular complexity index is 796. The van der Waals surface area contributed by atoms with Crippen LogP contribution in [0.1, 0.15) is 35.7 Å². The number of likely N-dealkylation sites (N-methyl/N-ethyl adjacent to an activating group) is 1. The number of ether oxygens (including phenoxy) is 1. The Kier molecular flexibility index (Phi) is 6.57. The van der Waals surface area contributed by atoms with Crippen LogP contribution in [0.2, 0.25) is 0 Å². The monoisotopic (exact) mass is 381 g/mol. The van der Waals surface area contributed by atoms with E-state index in [1.165, 1.54) is 0 Å². The second-order valence-electron chi connectivity index (χ2n) is 7.70. The predicted molar refractivity (Wildman–Crippen MR) is 115 cm³/mol. The van der Waals surface area contributed by atoms with Gasteiger partial charge in [0.15, 0.2) is 0 Å². The summed E-state index contributed by atoms with van der Waals surface area (Å²) in [6, 6.07) is 14.2. The number of carbonyl (C=O) groups is 1. The fourth-order valence-electron chi connectivity index (χ4n) is 3.52. The van der Waals surface area contributed by atoms with Gasteiger partial charge in [-0.15, -0.1) is 0 Å². The average molecular weight is 382 g/mol. The predicted octanol–water partition coefficient (Wildman–Crippen LogP) is 4.17. The molecule has 0 saturated carbocycles. The molecule has 28 heavy (non-hydrogen) atoms. The molecule has 1 amide bonds. The first kappa shape index (κ1) is 20.2. The van der Waals surface area contributed by atoms with E-state index in [0.717, 1.165) is 60.6 Å². The van der Waals surface area contributed by atoms with Gasteiger partial charge in [-0.3, -0.25) is 4.79 Å². The zero-order valence-corrected chi connectivity index (χ0v) is 17.4. The van der Waals surface area contributed by atoms with Crippen LogP contribution in [-0.2, 0) is 6.42 Å². The normalized spacial score (nSPS) is 15.0. The highest BCUT2D eigenvalue weighted by Crippen LogP contribution is 2.31. The lowest BCUT2D eigenvalue weighted by molar-refractivity contribution is 0.0793. The van der Waals surface area contributed by atoms with Gasteiger partial charge in [0.05, 0.1) is 7.11 Å². The Morgan fingerprint density at radius 2 is 1.82 bits per heavy atom. The van der Waals surface area contributed by atoms with Gasteiger partial charge < -0.3 is 19.9 Å². The molecule has 0 radical (unpaired) electrons. The Labute approximate surface area is 168 Å². The van der Waals surface area contributed by atoms with Crippen molar-refractivity contribution in [3.05, 3.63) is 53.6 Å². The maximum absolute atomic E-state index is 12.5. The van der Waals surface area contributed by atoms with Gasteiger partial charge in [-0.05, 0) is 76.7 Å². The highest BCUT2D eigenvalue weighted by atomic mass is 16.5. The van der Waals surface area contributed by atoms with Crippen molar-refractivity contribution < 1.29 is 9.53 Å². The first-order chi connectivity index (χ1) is 13.5. The maximum atomic E-state index is 12.5. The minimum absolute atomic E-state index is 0.130. The molecule has 1 saturated heterocycles. The minimum Gasteiger partial charge on any atom is -0.496 e. The van der Waals surface area contributed by atoms with E-state index in [2.05, 4.69) is 37.3 Å². The number of methoxy groups -OCH3 is 1. The quantitative estimate of drug-likeness (QED) is 0.782. The van der Waals surface area contributed by atoms with Crippen molar-refractivity contribution in [1.29, 1.82) is 0 Å². The van der Waals surface area contributed by atoms with Crippen molar-refractivity contribution in [2.45, 2.75) is 32.2 Å². The van der Waals surface area contributed by atoms with E-state index in [4.69, 9.17) is 4.74 Å². The summed E-state index contributed by atoms with van der Waals surface area (Å²) in [5.41, 5.74) is 3.90.